The summed E-state index contributed by atoms with van der Waals surface area (Å²) in [4.78, 5) is 0. The van der Waals surface area contributed by atoms with Crippen LogP contribution in [0.15, 0.2) is 28.8 Å². The molecule has 1 fully saturated rings. The van der Waals surface area contributed by atoms with Crippen LogP contribution in [-0.2, 0) is 0 Å². The van der Waals surface area contributed by atoms with Gasteiger partial charge < -0.3 is 10.3 Å². The molecule has 0 amide bonds. The zero-order valence-electron chi connectivity index (χ0n) is 10.8. The van der Waals surface area contributed by atoms with Crippen LogP contribution >= 0.6 is 0 Å². The zero-order chi connectivity index (χ0) is 12.7. The molecule has 1 unspecified atom stereocenters. The summed E-state index contributed by atoms with van der Waals surface area (Å²) in [7, 11) is 0. The van der Waals surface area contributed by atoms with Crippen LogP contribution in [0.2, 0.25) is 0 Å². The molecule has 1 atom stereocenters. The van der Waals surface area contributed by atoms with Gasteiger partial charge in [0.2, 0.25) is 0 Å². The lowest BCUT2D eigenvalue weighted by molar-refractivity contribution is 0.358. The van der Waals surface area contributed by atoms with Gasteiger partial charge in [0.05, 0.1) is 5.56 Å². The highest BCUT2D eigenvalue weighted by molar-refractivity contribution is 5.76. The van der Waals surface area contributed by atoms with Gasteiger partial charge in [-0.1, -0.05) is 41.9 Å². The Morgan fingerprint density at radius 2 is 1.94 bits per heavy atom. The van der Waals surface area contributed by atoms with Crippen LogP contribution in [0.1, 0.15) is 37.0 Å². The van der Waals surface area contributed by atoms with E-state index in [1.54, 1.807) is 0 Å². The number of nitrogen functional groups attached to an aromatic ring is 1. The highest BCUT2D eigenvalue weighted by Gasteiger charge is 2.34. The molecule has 94 valence electrons. The lowest BCUT2D eigenvalue weighted by atomic mass is 9.95. The molecular weight excluding hydrogens is 224 g/mol. The number of benzene rings is 1. The van der Waals surface area contributed by atoms with Gasteiger partial charge in [0, 0.05) is 5.92 Å². The van der Waals surface area contributed by atoms with Crippen molar-refractivity contribution in [3.8, 4) is 11.1 Å². The molecule has 0 saturated heterocycles. The molecule has 18 heavy (non-hydrogen) atoms. The van der Waals surface area contributed by atoms with E-state index in [2.05, 4.69) is 43.3 Å². The summed E-state index contributed by atoms with van der Waals surface area (Å²) in [5, 5.41) is 3.95. The van der Waals surface area contributed by atoms with E-state index in [4.69, 9.17) is 10.3 Å². The minimum Gasteiger partial charge on any atom is -0.380 e. The third kappa shape index (κ3) is 1.90. The number of hydrogen-bond acceptors (Lipinski definition) is 3. The van der Waals surface area contributed by atoms with Gasteiger partial charge in [-0.05, 0) is 31.2 Å². The summed E-state index contributed by atoms with van der Waals surface area (Å²) in [5.41, 5.74) is 9.29. The molecule has 3 nitrogen and oxygen atoms in total. The Bertz CT molecular complexity index is 552. The number of rotatable bonds is 3. The molecule has 0 bridgehead atoms. The van der Waals surface area contributed by atoms with Gasteiger partial charge >= 0.3 is 0 Å². The molecule has 2 aromatic rings. The fourth-order valence-electron chi connectivity index (χ4n) is 2.45. The van der Waals surface area contributed by atoms with Crippen molar-refractivity contribution < 1.29 is 4.52 Å². The van der Waals surface area contributed by atoms with E-state index >= 15 is 0 Å². The quantitative estimate of drug-likeness (QED) is 0.891. The van der Waals surface area contributed by atoms with E-state index in [0.717, 1.165) is 22.8 Å². The number of aromatic nitrogens is 1. The van der Waals surface area contributed by atoms with E-state index in [1.165, 1.54) is 18.4 Å². The van der Waals surface area contributed by atoms with Crippen LogP contribution in [0.5, 0.6) is 0 Å². The Morgan fingerprint density at radius 3 is 2.56 bits per heavy atom. The highest BCUT2D eigenvalue weighted by atomic mass is 16.5. The first-order chi connectivity index (χ1) is 8.66. The minimum atomic E-state index is 0.408. The Morgan fingerprint density at radius 1 is 1.28 bits per heavy atom. The van der Waals surface area contributed by atoms with Crippen molar-refractivity contribution in [1.82, 2.24) is 5.16 Å². The second-order valence-corrected chi connectivity index (χ2v) is 5.30. The predicted octanol–water partition coefficient (Wildman–Crippen LogP) is 3.75. The van der Waals surface area contributed by atoms with E-state index in [1.807, 2.05) is 0 Å². The fraction of sp³-hybridized carbons (Fsp3) is 0.400. The highest BCUT2D eigenvalue weighted by Crippen LogP contribution is 2.46. The minimum absolute atomic E-state index is 0.408. The van der Waals surface area contributed by atoms with Crippen LogP contribution in [0.25, 0.3) is 11.1 Å². The molecule has 1 heterocycles. The van der Waals surface area contributed by atoms with Crippen LogP contribution in [0, 0.1) is 12.8 Å². The van der Waals surface area contributed by atoms with Gasteiger partial charge in [-0.25, -0.2) is 0 Å². The average Bonchev–Trinajstić information content (AvgIpc) is 3.14. The molecule has 2 N–H and O–H groups in total. The number of anilines is 1. The van der Waals surface area contributed by atoms with Crippen molar-refractivity contribution >= 4 is 5.82 Å². The Labute approximate surface area is 107 Å². The first-order valence-corrected chi connectivity index (χ1v) is 6.49. The van der Waals surface area contributed by atoms with Crippen LogP contribution in [-0.4, -0.2) is 5.16 Å². The monoisotopic (exact) mass is 242 g/mol. The smallest absolute Gasteiger partial charge is 0.175 e. The topological polar surface area (TPSA) is 52.0 Å². The fourth-order valence-corrected chi connectivity index (χ4v) is 2.45. The van der Waals surface area contributed by atoms with Gasteiger partial charge in [0.25, 0.3) is 0 Å². The van der Waals surface area contributed by atoms with E-state index in [0.29, 0.717) is 11.7 Å². The molecule has 0 aliphatic heterocycles. The lowest BCUT2D eigenvalue weighted by Crippen LogP contribution is -1.97. The maximum atomic E-state index is 5.96. The van der Waals surface area contributed by atoms with E-state index in [9.17, 15) is 0 Å². The van der Waals surface area contributed by atoms with Gasteiger partial charge in [-0.15, -0.1) is 0 Å². The van der Waals surface area contributed by atoms with Gasteiger partial charge in [-0.3, -0.25) is 0 Å². The van der Waals surface area contributed by atoms with Crippen molar-refractivity contribution in [2.45, 2.75) is 32.6 Å². The SMILES string of the molecule is Cc1ccc(-c2c(N)noc2C(C)C2CC2)cc1. The Kier molecular flexibility index (Phi) is 2.62. The first-order valence-electron chi connectivity index (χ1n) is 6.49. The summed E-state index contributed by atoms with van der Waals surface area (Å²) < 4.78 is 5.47. The third-order valence-electron chi connectivity index (χ3n) is 3.83. The summed E-state index contributed by atoms with van der Waals surface area (Å²) in [6, 6.07) is 8.35. The van der Waals surface area contributed by atoms with Gasteiger partial charge in [0.15, 0.2) is 5.82 Å². The van der Waals surface area contributed by atoms with Crippen molar-refractivity contribution in [2.24, 2.45) is 5.92 Å². The van der Waals surface area contributed by atoms with Gasteiger partial charge in [0.1, 0.15) is 5.76 Å². The largest absolute Gasteiger partial charge is 0.380 e. The normalized spacial score (nSPS) is 16.8. The first kappa shape index (κ1) is 11.3. The summed E-state index contributed by atoms with van der Waals surface area (Å²) >= 11 is 0. The molecule has 1 saturated carbocycles. The maximum Gasteiger partial charge on any atom is 0.175 e. The van der Waals surface area contributed by atoms with Crippen LogP contribution in [0.4, 0.5) is 5.82 Å². The molecule has 1 aliphatic carbocycles. The van der Waals surface area contributed by atoms with E-state index < -0.39 is 0 Å². The number of hydrogen-bond donors (Lipinski definition) is 1. The van der Waals surface area contributed by atoms with Crippen molar-refractivity contribution in [2.75, 3.05) is 5.73 Å². The van der Waals surface area contributed by atoms with Crippen LogP contribution < -0.4 is 5.73 Å². The van der Waals surface area contributed by atoms with Crippen molar-refractivity contribution in [3.63, 3.8) is 0 Å². The van der Waals surface area contributed by atoms with Crippen molar-refractivity contribution in [3.05, 3.63) is 35.6 Å². The number of nitrogens with two attached hydrogens (primary N) is 1. The molecule has 3 rings (SSSR count). The molecule has 0 radical (unpaired) electrons. The Balaban J connectivity index is 2.04. The standard InChI is InChI=1S/C15H18N2O/c1-9-3-5-12(6-4-9)13-14(18-17-15(13)16)10(2)11-7-8-11/h3-6,10-11H,7-8H2,1-2H3,(H2,16,17). The molecular formula is C15H18N2O. The van der Waals surface area contributed by atoms with Crippen molar-refractivity contribution in [1.29, 1.82) is 0 Å². The van der Waals surface area contributed by atoms with Crippen LogP contribution in [0.3, 0.4) is 0 Å². The Hall–Kier alpha value is -1.77. The molecule has 3 heteroatoms. The maximum absolute atomic E-state index is 5.96. The summed E-state index contributed by atoms with van der Waals surface area (Å²) in [5.74, 6) is 2.59. The summed E-state index contributed by atoms with van der Waals surface area (Å²) in [6.45, 7) is 4.28. The second-order valence-electron chi connectivity index (χ2n) is 5.30. The second kappa shape index (κ2) is 4.16. The predicted molar refractivity (Wildman–Crippen MR) is 72.2 cm³/mol. The molecule has 1 aliphatic rings. The molecule has 0 spiro atoms. The molecule has 1 aromatic carbocycles. The average molecular weight is 242 g/mol. The van der Waals surface area contributed by atoms with E-state index in [-0.39, 0.29) is 0 Å². The number of aryl methyl sites for hydroxylation is 1. The number of nitrogens with zero attached hydrogens (tertiary/aromatic N) is 1. The van der Waals surface area contributed by atoms with Gasteiger partial charge in [-0.2, -0.15) is 0 Å². The lowest BCUT2D eigenvalue weighted by Gasteiger charge is -2.09. The zero-order valence-corrected chi connectivity index (χ0v) is 10.8. The molecule has 1 aromatic heterocycles. The third-order valence-corrected chi connectivity index (χ3v) is 3.83. The summed E-state index contributed by atoms with van der Waals surface area (Å²) in [6.07, 6.45) is 2.57.